The molecule has 7 nitrogen and oxygen atoms in total. The summed E-state index contributed by atoms with van der Waals surface area (Å²) in [6, 6.07) is -0.136. The Morgan fingerprint density at radius 3 is 2.37 bits per heavy atom. The SMILES string of the molecule is N[C@@H](CC(=O)N1CCC2(CC1)NC(=O)NC2=O)Cc1cc(F)c(F)cc1F. The van der Waals surface area contributed by atoms with Crippen LogP contribution in [0.3, 0.4) is 0 Å². The molecule has 1 aromatic carbocycles. The first kappa shape index (κ1) is 19.2. The number of rotatable bonds is 4. The molecule has 10 heteroatoms. The maximum absolute atomic E-state index is 13.7. The summed E-state index contributed by atoms with van der Waals surface area (Å²) in [7, 11) is 0. The third kappa shape index (κ3) is 3.90. The molecule has 1 atom stereocenters. The van der Waals surface area contributed by atoms with Crippen molar-refractivity contribution in [1.82, 2.24) is 15.5 Å². The predicted octanol–water partition coefficient (Wildman–Crippen LogP) is 0.564. The number of nitrogens with zero attached hydrogens (tertiary/aromatic N) is 1. The van der Waals surface area contributed by atoms with Crippen LogP contribution in [0, 0.1) is 17.5 Å². The first-order chi connectivity index (χ1) is 12.7. The summed E-state index contributed by atoms with van der Waals surface area (Å²) in [6.07, 6.45) is 0.335. The van der Waals surface area contributed by atoms with Crippen LogP contribution in [0.4, 0.5) is 18.0 Å². The number of amides is 4. The van der Waals surface area contributed by atoms with Gasteiger partial charge in [-0.25, -0.2) is 18.0 Å². The van der Waals surface area contributed by atoms with Crippen LogP contribution in [0.1, 0.15) is 24.8 Å². The quantitative estimate of drug-likeness (QED) is 0.521. The maximum Gasteiger partial charge on any atom is 0.322 e. The van der Waals surface area contributed by atoms with Crippen LogP contribution in [0.15, 0.2) is 12.1 Å². The minimum Gasteiger partial charge on any atom is -0.342 e. The summed E-state index contributed by atoms with van der Waals surface area (Å²) in [4.78, 5) is 37.1. The fourth-order valence-corrected chi connectivity index (χ4v) is 3.45. The van der Waals surface area contributed by atoms with Crippen molar-refractivity contribution in [3.05, 3.63) is 35.1 Å². The van der Waals surface area contributed by atoms with Gasteiger partial charge >= 0.3 is 6.03 Å². The lowest BCUT2D eigenvalue weighted by atomic mass is 9.87. The molecule has 146 valence electrons. The molecule has 27 heavy (non-hydrogen) atoms. The molecule has 2 aliphatic heterocycles. The molecule has 2 fully saturated rings. The van der Waals surface area contributed by atoms with Gasteiger partial charge in [0, 0.05) is 31.6 Å². The number of carbonyl (C=O) groups is 3. The molecule has 0 radical (unpaired) electrons. The van der Waals surface area contributed by atoms with Crippen LogP contribution in [0.5, 0.6) is 0 Å². The van der Waals surface area contributed by atoms with E-state index in [9.17, 15) is 27.6 Å². The Kier molecular flexibility index (Phi) is 5.09. The van der Waals surface area contributed by atoms with E-state index in [1.54, 1.807) is 0 Å². The number of benzene rings is 1. The Balaban J connectivity index is 1.54. The first-order valence-electron chi connectivity index (χ1n) is 8.50. The molecule has 2 saturated heterocycles. The lowest BCUT2D eigenvalue weighted by molar-refractivity contribution is -0.136. The fourth-order valence-electron chi connectivity index (χ4n) is 3.45. The number of urea groups is 1. The molecule has 4 amide bonds. The minimum absolute atomic E-state index is 0.0999. The molecule has 1 spiro atoms. The Hall–Kier alpha value is -2.62. The van der Waals surface area contributed by atoms with E-state index < -0.39 is 41.0 Å². The first-order valence-corrected chi connectivity index (χ1v) is 8.50. The standard InChI is InChI=1S/C17H19F3N4O3/c18-11-8-13(20)12(19)6-9(11)5-10(21)7-14(25)24-3-1-17(2-4-24)15(26)22-16(27)23-17/h6,8,10H,1-5,7,21H2,(H2,22,23,26,27)/t10-/m1/s1. The van der Waals surface area contributed by atoms with Crippen LogP contribution >= 0.6 is 0 Å². The topological polar surface area (TPSA) is 105 Å². The van der Waals surface area contributed by atoms with Crippen molar-refractivity contribution >= 4 is 17.8 Å². The van der Waals surface area contributed by atoms with Gasteiger partial charge < -0.3 is 16.0 Å². The highest BCUT2D eigenvalue weighted by atomic mass is 19.2. The number of piperidine rings is 1. The summed E-state index contributed by atoms with van der Waals surface area (Å²) >= 11 is 0. The minimum atomic E-state index is -1.29. The van der Waals surface area contributed by atoms with E-state index in [4.69, 9.17) is 5.73 Å². The van der Waals surface area contributed by atoms with E-state index in [-0.39, 0.29) is 50.2 Å². The van der Waals surface area contributed by atoms with Crippen LogP contribution < -0.4 is 16.4 Å². The molecule has 1 aromatic rings. The van der Waals surface area contributed by atoms with Gasteiger partial charge in [-0.1, -0.05) is 0 Å². The molecule has 0 aromatic heterocycles. The van der Waals surface area contributed by atoms with Gasteiger partial charge in [0.25, 0.3) is 5.91 Å². The molecule has 2 heterocycles. The van der Waals surface area contributed by atoms with E-state index in [0.717, 1.165) is 6.07 Å². The average molecular weight is 384 g/mol. The van der Waals surface area contributed by atoms with Crippen molar-refractivity contribution in [2.75, 3.05) is 13.1 Å². The van der Waals surface area contributed by atoms with Gasteiger partial charge in [-0.05, 0) is 30.9 Å². The highest BCUT2D eigenvalue weighted by Gasteiger charge is 2.48. The zero-order valence-corrected chi connectivity index (χ0v) is 14.4. The maximum atomic E-state index is 13.7. The molecule has 2 aliphatic rings. The lowest BCUT2D eigenvalue weighted by Gasteiger charge is -2.37. The van der Waals surface area contributed by atoms with Gasteiger partial charge in [0.05, 0.1) is 0 Å². The van der Waals surface area contributed by atoms with E-state index in [2.05, 4.69) is 10.6 Å². The van der Waals surface area contributed by atoms with E-state index in [1.807, 2.05) is 0 Å². The van der Waals surface area contributed by atoms with Crippen LogP contribution in [0.25, 0.3) is 0 Å². The summed E-state index contributed by atoms with van der Waals surface area (Å²) in [5.74, 6) is -4.07. The molecular weight excluding hydrogens is 365 g/mol. The molecular formula is C17H19F3N4O3. The van der Waals surface area contributed by atoms with Crippen molar-refractivity contribution in [2.24, 2.45) is 5.73 Å². The zero-order valence-electron chi connectivity index (χ0n) is 14.4. The van der Waals surface area contributed by atoms with Gasteiger partial charge in [0.2, 0.25) is 5.91 Å². The molecule has 4 N–H and O–H groups in total. The van der Waals surface area contributed by atoms with Gasteiger partial charge in [0.1, 0.15) is 11.4 Å². The monoisotopic (exact) mass is 384 g/mol. The lowest BCUT2D eigenvalue weighted by Crippen LogP contribution is -2.56. The van der Waals surface area contributed by atoms with Crippen molar-refractivity contribution in [1.29, 1.82) is 0 Å². The Labute approximate surface area is 153 Å². The number of likely N-dealkylation sites (tertiary alicyclic amines) is 1. The van der Waals surface area contributed by atoms with Crippen molar-refractivity contribution in [3.63, 3.8) is 0 Å². The Bertz CT molecular complexity index is 794. The third-order valence-corrected chi connectivity index (χ3v) is 4.99. The Morgan fingerprint density at radius 2 is 1.78 bits per heavy atom. The molecule has 0 bridgehead atoms. The summed E-state index contributed by atoms with van der Waals surface area (Å²) in [6.45, 7) is 0.525. The number of nitrogens with one attached hydrogen (secondary N) is 2. The number of halogens is 3. The van der Waals surface area contributed by atoms with Crippen LogP contribution in [-0.2, 0) is 16.0 Å². The third-order valence-electron chi connectivity index (χ3n) is 4.99. The number of hydrogen-bond acceptors (Lipinski definition) is 4. The second kappa shape index (κ2) is 7.18. The number of imide groups is 1. The average Bonchev–Trinajstić information content (AvgIpc) is 2.86. The molecule has 3 rings (SSSR count). The zero-order chi connectivity index (χ0) is 19.8. The number of hydrogen-bond donors (Lipinski definition) is 3. The van der Waals surface area contributed by atoms with Gasteiger partial charge in [0.15, 0.2) is 11.6 Å². The second-order valence-corrected chi connectivity index (χ2v) is 6.90. The summed E-state index contributed by atoms with van der Waals surface area (Å²) < 4.78 is 39.9. The largest absolute Gasteiger partial charge is 0.342 e. The normalized spacial score (nSPS) is 19.8. The van der Waals surface area contributed by atoms with E-state index >= 15 is 0 Å². The van der Waals surface area contributed by atoms with E-state index in [0.29, 0.717) is 6.07 Å². The fraction of sp³-hybridized carbons (Fsp3) is 0.471. The van der Waals surface area contributed by atoms with Gasteiger partial charge in [-0.2, -0.15) is 0 Å². The highest BCUT2D eigenvalue weighted by Crippen LogP contribution is 2.26. The number of nitrogens with two attached hydrogens (primary N) is 1. The predicted molar refractivity (Wildman–Crippen MR) is 87.8 cm³/mol. The second-order valence-electron chi connectivity index (χ2n) is 6.90. The smallest absolute Gasteiger partial charge is 0.322 e. The van der Waals surface area contributed by atoms with Gasteiger partial charge in [-0.3, -0.25) is 14.9 Å². The summed E-state index contributed by atoms with van der Waals surface area (Å²) in [5, 5.41) is 4.79. The van der Waals surface area contributed by atoms with Crippen molar-refractivity contribution < 1.29 is 27.6 Å². The molecule has 0 unspecified atom stereocenters. The Morgan fingerprint density at radius 1 is 1.15 bits per heavy atom. The summed E-state index contributed by atoms with van der Waals surface area (Å²) in [5.41, 5.74) is 4.79. The molecule has 0 saturated carbocycles. The van der Waals surface area contributed by atoms with Crippen LogP contribution in [-0.4, -0.2) is 47.4 Å². The van der Waals surface area contributed by atoms with E-state index in [1.165, 1.54) is 4.90 Å². The van der Waals surface area contributed by atoms with Crippen molar-refractivity contribution in [2.45, 2.75) is 37.3 Å². The number of carbonyl (C=O) groups excluding carboxylic acids is 3. The highest BCUT2D eigenvalue weighted by molar-refractivity contribution is 6.07. The van der Waals surface area contributed by atoms with Crippen molar-refractivity contribution in [3.8, 4) is 0 Å². The van der Waals surface area contributed by atoms with Gasteiger partial charge in [-0.15, -0.1) is 0 Å². The van der Waals surface area contributed by atoms with Crippen LogP contribution in [0.2, 0.25) is 0 Å². The molecule has 0 aliphatic carbocycles.